The summed E-state index contributed by atoms with van der Waals surface area (Å²) >= 11 is 0. The van der Waals surface area contributed by atoms with E-state index in [1.807, 2.05) is 0 Å². The van der Waals surface area contributed by atoms with Crippen molar-refractivity contribution in [3.63, 3.8) is 0 Å². The van der Waals surface area contributed by atoms with Gasteiger partial charge < -0.3 is 65.6 Å². The second kappa shape index (κ2) is 52.2. The van der Waals surface area contributed by atoms with Crippen molar-refractivity contribution in [3.8, 4) is 0 Å². The smallest absolute Gasteiger partial charge is 0.306 e. The van der Waals surface area contributed by atoms with Crippen molar-refractivity contribution in [2.24, 2.45) is 23.5 Å². The molecular formula is C60H105N5O19. The summed E-state index contributed by atoms with van der Waals surface area (Å²) < 4.78 is 32.3. The molecule has 24 heteroatoms. The number of ether oxygens (including phenoxy) is 6. The van der Waals surface area contributed by atoms with Crippen molar-refractivity contribution in [1.82, 2.24) is 21.3 Å². The number of rotatable bonds is 61. The number of aliphatic carboxylic acids is 2. The van der Waals surface area contributed by atoms with Gasteiger partial charge in [0, 0.05) is 96.5 Å². The molecule has 0 aliphatic heterocycles. The van der Waals surface area contributed by atoms with E-state index in [1.165, 1.54) is 13.8 Å². The summed E-state index contributed by atoms with van der Waals surface area (Å²) in [7, 11) is 0. The topological polar surface area (TPSA) is 358 Å². The average molecular weight is 1200 g/mol. The van der Waals surface area contributed by atoms with Gasteiger partial charge in [-0.25, -0.2) is 0 Å². The minimum atomic E-state index is -1.13. The van der Waals surface area contributed by atoms with Crippen molar-refractivity contribution >= 4 is 64.5 Å². The Morgan fingerprint density at radius 1 is 0.405 bits per heavy atom. The normalized spacial score (nSPS) is 12.4. The van der Waals surface area contributed by atoms with Crippen LogP contribution < -0.4 is 27.0 Å². The van der Waals surface area contributed by atoms with Gasteiger partial charge in [0.05, 0.1) is 64.3 Å². The summed E-state index contributed by atoms with van der Waals surface area (Å²) in [6.07, 6.45) is 14.0. The van der Waals surface area contributed by atoms with E-state index in [-0.39, 0.29) is 170 Å². The molecule has 0 spiro atoms. The maximum atomic E-state index is 13.6. The van der Waals surface area contributed by atoms with E-state index in [0.717, 1.165) is 57.8 Å². The number of carbonyl (C=O) groups excluding carboxylic acids is 9. The van der Waals surface area contributed by atoms with Crippen LogP contribution in [0.4, 0.5) is 0 Å². The number of nitrogens with two attached hydrogens (primary N) is 1. The highest BCUT2D eigenvalue weighted by molar-refractivity contribution is 5.94. The van der Waals surface area contributed by atoms with Gasteiger partial charge in [-0.15, -0.1) is 0 Å². The van der Waals surface area contributed by atoms with Gasteiger partial charge in [-0.3, -0.25) is 52.7 Å². The number of Topliss-reactive ketones (excluding diaryl/α,β-unsaturated/α-hetero) is 5. The van der Waals surface area contributed by atoms with Crippen LogP contribution in [-0.2, 0) is 81.2 Å². The molecule has 84 heavy (non-hydrogen) atoms. The number of hydrogen-bond acceptors (Lipinski definition) is 18. The standard InChI is InChI=1S/C60H105N5O19/c1-46(66)48(41-53(70)49(42-54(71)60(3,4)61)21-16-18-28-64-57(74)45-84-39-36-80-32-29-62-47(2)67)20-15-17-27-63-56(73)44-83-38-34-79-31-19-23-52(69)43-82-37-35-81-33-30-65-55(72)26-25-50(59(77)78)40-51(68)22-13-11-9-7-5-6-8-10-12-14-24-58(75)76/h48-50H,5-45,61H2,1-4H3,(H,62,67)(H,63,73)(H,64,74)(H,65,72)(H,75,76)(H,77,78)/t48-,49-,50-/m1/s1. The Bertz CT molecular complexity index is 1900. The molecule has 4 amide bonds. The van der Waals surface area contributed by atoms with Crippen LogP contribution in [0.2, 0.25) is 0 Å². The first-order chi connectivity index (χ1) is 40.1. The van der Waals surface area contributed by atoms with Gasteiger partial charge >= 0.3 is 11.9 Å². The molecule has 0 fully saturated rings. The van der Waals surface area contributed by atoms with Crippen LogP contribution >= 0.6 is 0 Å². The lowest BCUT2D eigenvalue weighted by Gasteiger charge is -2.23. The number of hydrogen-bond donors (Lipinski definition) is 7. The van der Waals surface area contributed by atoms with Crippen molar-refractivity contribution in [2.45, 2.75) is 194 Å². The largest absolute Gasteiger partial charge is 0.481 e. The summed E-state index contributed by atoms with van der Waals surface area (Å²) in [6.45, 7) is 9.04. The molecule has 0 heterocycles. The SMILES string of the molecule is CC(=O)NCCOCCOCC(=O)NCCCC[C@H](CC(=O)C(C)(C)N)C(=O)C[C@@H](CCCCNC(=O)COCCOCCCC(=O)COCCOCCNC(=O)CC[C@H](CC(=O)CCCCCCCCCCCCC(=O)O)C(=O)O)C(C)=O. The Kier molecular flexibility index (Phi) is 49.1. The first kappa shape index (κ1) is 78.9. The van der Waals surface area contributed by atoms with Gasteiger partial charge in [0.2, 0.25) is 23.6 Å². The molecule has 0 aliphatic carbocycles. The number of unbranched alkanes of at least 4 members (excludes halogenated alkanes) is 11. The van der Waals surface area contributed by atoms with Crippen LogP contribution in [0.1, 0.15) is 188 Å². The molecule has 0 unspecified atom stereocenters. The molecule has 0 saturated carbocycles. The second-order valence-corrected chi connectivity index (χ2v) is 21.9. The van der Waals surface area contributed by atoms with E-state index in [4.69, 9.17) is 39.3 Å². The molecule has 0 bridgehead atoms. The van der Waals surface area contributed by atoms with Gasteiger partial charge in [-0.1, -0.05) is 64.2 Å². The van der Waals surface area contributed by atoms with E-state index in [0.29, 0.717) is 90.6 Å². The van der Waals surface area contributed by atoms with Crippen molar-refractivity contribution < 1.29 is 91.4 Å². The molecule has 0 aromatic heterocycles. The van der Waals surface area contributed by atoms with Crippen molar-refractivity contribution in [1.29, 1.82) is 0 Å². The number of carboxylic acids is 2. The Morgan fingerprint density at radius 3 is 1.36 bits per heavy atom. The summed E-state index contributed by atoms with van der Waals surface area (Å²) in [6, 6.07) is 0. The third-order valence-electron chi connectivity index (χ3n) is 13.6. The number of nitrogens with one attached hydrogen (secondary N) is 4. The van der Waals surface area contributed by atoms with E-state index < -0.39 is 35.2 Å². The van der Waals surface area contributed by atoms with E-state index >= 15 is 0 Å². The van der Waals surface area contributed by atoms with Crippen molar-refractivity contribution in [3.05, 3.63) is 0 Å². The predicted octanol–water partition coefficient (Wildman–Crippen LogP) is 4.94. The number of carbonyl (C=O) groups is 11. The van der Waals surface area contributed by atoms with E-state index in [2.05, 4.69) is 21.3 Å². The highest BCUT2D eigenvalue weighted by Crippen LogP contribution is 2.24. The zero-order chi connectivity index (χ0) is 62.6. The van der Waals surface area contributed by atoms with Crippen LogP contribution in [0.3, 0.4) is 0 Å². The molecule has 0 aromatic rings. The lowest BCUT2D eigenvalue weighted by atomic mass is 9.82. The maximum Gasteiger partial charge on any atom is 0.306 e. The first-order valence-corrected chi connectivity index (χ1v) is 30.5. The monoisotopic (exact) mass is 1200 g/mol. The lowest BCUT2D eigenvalue weighted by molar-refractivity contribution is -0.144. The Labute approximate surface area is 498 Å². The first-order valence-electron chi connectivity index (χ1n) is 30.5. The van der Waals surface area contributed by atoms with Crippen molar-refractivity contribution in [2.75, 3.05) is 105 Å². The third-order valence-corrected chi connectivity index (χ3v) is 13.6. The Morgan fingerprint density at radius 2 is 0.857 bits per heavy atom. The molecule has 3 atom stereocenters. The minimum absolute atomic E-state index is 0.0104. The molecule has 0 saturated heterocycles. The van der Waals surface area contributed by atoms with Gasteiger partial charge in [-0.05, 0) is 72.1 Å². The number of amides is 4. The minimum Gasteiger partial charge on any atom is -0.481 e. The summed E-state index contributed by atoms with van der Waals surface area (Å²) in [5.74, 6) is -5.82. The fraction of sp³-hybridized carbons (Fsp3) is 0.817. The third kappa shape index (κ3) is 50.2. The summed E-state index contributed by atoms with van der Waals surface area (Å²) in [5, 5.41) is 29.1. The summed E-state index contributed by atoms with van der Waals surface area (Å²) in [5.41, 5.74) is 4.92. The molecule has 0 aliphatic rings. The van der Waals surface area contributed by atoms with Gasteiger partial charge in [-0.2, -0.15) is 0 Å². The highest BCUT2D eigenvalue weighted by Gasteiger charge is 2.31. The number of ketones is 5. The molecule has 0 rings (SSSR count). The van der Waals surface area contributed by atoms with Gasteiger partial charge in [0.15, 0.2) is 11.6 Å². The molecular weight excluding hydrogens is 1090 g/mol. The summed E-state index contributed by atoms with van der Waals surface area (Å²) in [4.78, 5) is 134. The molecule has 8 N–H and O–H groups in total. The maximum absolute atomic E-state index is 13.6. The molecule has 24 nitrogen and oxygen atoms in total. The Hall–Kier alpha value is -5.11. The average Bonchev–Trinajstić information content (AvgIpc) is 3.63. The van der Waals surface area contributed by atoms with Crippen LogP contribution in [0.5, 0.6) is 0 Å². The molecule has 484 valence electrons. The lowest BCUT2D eigenvalue weighted by Crippen LogP contribution is -2.43. The molecule has 0 aromatic carbocycles. The Balaban J connectivity index is 4.10. The second-order valence-electron chi connectivity index (χ2n) is 21.9. The zero-order valence-corrected chi connectivity index (χ0v) is 51.1. The van der Waals surface area contributed by atoms with Crippen LogP contribution in [0.15, 0.2) is 0 Å². The van der Waals surface area contributed by atoms with Crippen LogP contribution in [0.25, 0.3) is 0 Å². The number of carboxylic acid groups (broad SMARTS) is 2. The van der Waals surface area contributed by atoms with Crippen LogP contribution in [0, 0.1) is 17.8 Å². The van der Waals surface area contributed by atoms with E-state index in [1.54, 1.807) is 13.8 Å². The van der Waals surface area contributed by atoms with E-state index in [9.17, 15) is 57.8 Å². The fourth-order valence-electron chi connectivity index (χ4n) is 8.59. The predicted molar refractivity (Wildman–Crippen MR) is 313 cm³/mol. The zero-order valence-electron chi connectivity index (χ0n) is 51.1. The fourth-order valence-corrected chi connectivity index (χ4v) is 8.59. The molecule has 0 radical (unpaired) electrons. The highest BCUT2D eigenvalue weighted by atomic mass is 16.5. The quantitative estimate of drug-likeness (QED) is 0.0396. The van der Waals surface area contributed by atoms with Crippen LogP contribution in [-0.4, -0.2) is 186 Å². The van der Waals surface area contributed by atoms with Gasteiger partial charge in [0.25, 0.3) is 0 Å². The van der Waals surface area contributed by atoms with Gasteiger partial charge in [0.1, 0.15) is 37.2 Å².